The zero-order chi connectivity index (χ0) is 30.1. The molecular formula is C31H29F2N7O3. The van der Waals surface area contributed by atoms with Gasteiger partial charge in [-0.25, -0.2) is 19.0 Å². The van der Waals surface area contributed by atoms with E-state index in [1.807, 2.05) is 19.9 Å². The maximum absolute atomic E-state index is 15.3. The first kappa shape index (κ1) is 28.0. The van der Waals surface area contributed by atoms with Crippen LogP contribution < -0.4 is 20.7 Å². The molecule has 4 heterocycles. The lowest BCUT2D eigenvalue weighted by atomic mass is 10.0. The molecule has 0 aliphatic carbocycles. The quantitative estimate of drug-likeness (QED) is 0.281. The Bertz CT molecular complexity index is 1740. The monoisotopic (exact) mass is 585 g/mol. The Morgan fingerprint density at radius 2 is 1.91 bits per heavy atom. The summed E-state index contributed by atoms with van der Waals surface area (Å²) in [5.41, 5.74) is 1.22. The number of aliphatic imine (C=N–C) groups is 1. The molecule has 2 aromatic carbocycles. The summed E-state index contributed by atoms with van der Waals surface area (Å²) in [6, 6.07) is 16.5. The fourth-order valence-corrected chi connectivity index (χ4v) is 5.20. The molecule has 6 rings (SSSR count). The molecule has 3 N–H and O–H groups in total. The third-order valence-corrected chi connectivity index (χ3v) is 7.23. The van der Waals surface area contributed by atoms with E-state index in [1.165, 1.54) is 22.9 Å². The number of benzene rings is 2. The molecule has 2 aliphatic rings. The number of carbonyl (C=O) groups excluding carboxylic acids is 2. The van der Waals surface area contributed by atoms with E-state index in [0.29, 0.717) is 35.7 Å². The van der Waals surface area contributed by atoms with Gasteiger partial charge in [0.05, 0.1) is 23.1 Å². The van der Waals surface area contributed by atoms with Crippen LogP contribution in [0.5, 0.6) is 5.88 Å². The van der Waals surface area contributed by atoms with Crippen LogP contribution in [0.3, 0.4) is 0 Å². The highest BCUT2D eigenvalue weighted by molar-refractivity contribution is 6.20. The topological polar surface area (TPSA) is 123 Å². The van der Waals surface area contributed by atoms with Crippen molar-refractivity contribution in [3.8, 4) is 17.1 Å². The number of rotatable bonds is 6. The van der Waals surface area contributed by atoms with E-state index in [2.05, 4.69) is 31.0 Å². The second-order valence-corrected chi connectivity index (χ2v) is 10.3. The highest BCUT2D eigenvalue weighted by Gasteiger charge is 2.34. The summed E-state index contributed by atoms with van der Waals surface area (Å²) in [4.78, 5) is 36.0. The number of benzodiazepines with no additional fused rings is 1. The third kappa shape index (κ3) is 5.43. The van der Waals surface area contributed by atoms with Gasteiger partial charge in [-0.3, -0.25) is 9.59 Å². The molecule has 12 heteroatoms. The van der Waals surface area contributed by atoms with Crippen molar-refractivity contribution in [3.63, 3.8) is 0 Å². The molecule has 0 saturated carbocycles. The Hall–Kier alpha value is -5.13. The van der Waals surface area contributed by atoms with Crippen molar-refractivity contribution in [1.29, 1.82) is 0 Å². The lowest BCUT2D eigenvalue weighted by Crippen LogP contribution is -2.42. The van der Waals surface area contributed by atoms with Gasteiger partial charge in [0.25, 0.3) is 11.8 Å². The molecule has 0 fully saturated rings. The molecule has 2 aromatic heterocycles. The number of para-hydroxylation sites is 1. The van der Waals surface area contributed by atoms with Gasteiger partial charge in [-0.05, 0) is 44.9 Å². The molecule has 220 valence electrons. The minimum atomic E-state index is -1.46. The van der Waals surface area contributed by atoms with Gasteiger partial charge in [0.2, 0.25) is 18.0 Å². The first-order valence-electron chi connectivity index (χ1n) is 14.1. The Labute approximate surface area is 246 Å². The van der Waals surface area contributed by atoms with Gasteiger partial charge in [0.15, 0.2) is 0 Å². The summed E-state index contributed by atoms with van der Waals surface area (Å²) >= 11 is 0. The molecule has 1 unspecified atom stereocenters. The molecule has 0 spiro atoms. The largest absolute Gasteiger partial charge is 0.474 e. The van der Waals surface area contributed by atoms with Gasteiger partial charge in [-0.2, -0.15) is 9.49 Å². The van der Waals surface area contributed by atoms with Crippen LogP contribution in [0.1, 0.15) is 48.2 Å². The number of aromatic nitrogens is 3. The van der Waals surface area contributed by atoms with Crippen LogP contribution in [0.4, 0.5) is 20.3 Å². The molecule has 43 heavy (non-hydrogen) atoms. The first-order valence-corrected chi connectivity index (χ1v) is 14.1. The summed E-state index contributed by atoms with van der Waals surface area (Å²) in [5, 5.41) is 12.7. The Morgan fingerprint density at radius 3 is 2.67 bits per heavy atom. The Morgan fingerprint density at radius 1 is 1.09 bits per heavy atom. The molecule has 2 aliphatic heterocycles. The fraction of sp³-hybridized carbons (Fsp3) is 0.258. The van der Waals surface area contributed by atoms with Crippen molar-refractivity contribution in [2.75, 3.05) is 17.2 Å². The number of aryl methyl sites for hydroxylation is 1. The number of hydrogen-bond acceptors (Lipinski definition) is 7. The summed E-state index contributed by atoms with van der Waals surface area (Å²) in [6.07, 6.45) is -0.235. The average molecular weight is 586 g/mol. The number of carbonyl (C=O) groups is 2. The van der Waals surface area contributed by atoms with Crippen LogP contribution in [0.2, 0.25) is 0 Å². The maximum Gasteiger partial charge on any atom is 0.269 e. The second-order valence-electron chi connectivity index (χ2n) is 10.3. The normalized spacial score (nSPS) is 17.8. The molecule has 0 bridgehead atoms. The van der Waals surface area contributed by atoms with Crippen molar-refractivity contribution >= 4 is 29.0 Å². The highest BCUT2D eigenvalue weighted by Crippen LogP contribution is 2.35. The van der Waals surface area contributed by atoms with Gasteiger partial charge in [0.1, 0.15) is 22.9 Å². The Balaban J connectivity index is 1.44. The lowest BCUT2D eigenvalue weighted by Gasteiger charge is -2.16. The zero-order valence-corrected chi connectivity index (χ0v) is 23.5. The van der Waals surface area contributed by atoms with Crippen molar-refractivity contribution < 1.29 is 23.1 Å². The summed E-state index contributed by atoms with van der Waals surface area (Å²) in [5.74, 6) is -2.48. The van der Waals surface area contributed by atoms with E-state index >= 15 is 4.39 Å². The number of nitrogens with zero attached hydrogens (tertiary/aromatic N) is 4. The minimum Gasteiger partial charge on any atom is -0.474 e. The molecule has 0 radical (unpaired) electrons. The number of fused-ring (bicyclic) bond motifs is 2. The zero-order valence-electron chi connectivity index (χ0n) is 23.5. The highest BCUT2D eigenvalue weighted by atomic mass is 19.1. The van der Waals surface area contributed by atoms with Gasteiger partial charge < -0.3 is 20.7 Å². The van der Waals surface area contributed by atoms with Crippen molar-refractivity contribution in [1.82, 2.24) is 20.1 Å². The molecule has 2 amide bonds. The number of anilines is 2. The lowest BCUT2D eigenvalue weighted by molar-refractivity contribution is -0.117. The van der Waals surface area contributed by atoms with Crippen molar-refractivity contribution in [2.45, 2.75) is 45.5 Å². The van der Waals surface area contributed by atoms with Crippen LogP contribution in [0, 0.1) is 11.8 Å². The van der Waals surface area contributed by atoms with Crippen molar-refractivity contribution in [3.05, 3.63) is 89.1 Å². The standard InChI is InChI=1S/C31H29F2N7O3/c1-3-34-22-15-14-20(27(33)35-22)26-23(31-40(39-26)16-8-9-17(2)43-31)29(41)38-28-30(42)37-25-19(12-7-13-21(25)32)24(36-28)18-10-5-4-6-11-18/h4-7,10-15,17,28H,3,8-9,16H2,1-2H3,(H,34,35)(H,37,42)(H,38,41)/t17?,28-/m1/s1. The summed E-state index contributed by atoms with van der Waals surface area (Å²) in [7, 11) is 0. The average Bonchev–Trinajstić information content (AvgIpc) is 3.13. The van der Waals surface area contributed by atoms with E-state index in [4.69, 9.17) is 4.74 Å². The Kier molecular flexibility index (Phi) is 7.58. The van der Waals surface area contributed by atoms with Gasteiger partial charge in [-0.15, -0.1) is 0 Å². The SMILES string of the molecule is CCNc1ccc(-c2nn3c(c2C(=O)N[C@H]2N=C(c4ccccc4)c4cccc(F)c4NC2=O)OC(C)CCC3)c(F)n1. The van der Waals surface area contributed by atoms with Gasteiger partial charge in [0, 0.05) is 24.2 Å². The number of hydrogen-bond donors (Lipinski definition) is 3. The van der Waals surface area contributed by atoms with Gasteiger partial charge >= 0.3 is 0 Å². The van der Waals surface area contributed by atoms with Gasteiger partial charge in [-0.1, -0.05) is 42.5 Å². The van der Waals surface area contributed by atoms with E-state index in [0.717, 1.165) is 12.8 Å². The predicted octanol–water partition coefficient (Wildman–Crippen LogP) is 4.76. The van der Waals surface area contributed by atoms with E-state index in [-0.39, 0.29) is 34.5 Å². The smallest absolute Gasteiger partial charge is 0.269 e. The molecule has 2 atom stereocenters. The number of halogens is 2. The maximum atomic E-state index is 15.3. The van der Waals surface area contributed by atoms with Crippen LogP contribution in [-0.2, 0) is 11.3 Å². The molecule has 10 nitrogen and oxygen atoms in total. The minimum absolute atomic E-state index is 0.00287. The molecular weight excluding hydrogens is 556 g/mol. The van der Waals surface area contributed by atoms with Crippen molar-refractivity contribution in [2.24, 2.45) is 4.99 Å². The van der Waals surface area contributed by atoms with Crippen LogP contribution in [0.25, 0.3) is 11.3 Å². The second kappa shape index (κ2) is 11.6. The van der Waals surface area contributed by atoms with Crippen LogP contribution in [-0.4, -0.2) is 51.1 Å². The number of nitrogens with one attached hydrogen (secondary N) is 3. The van der Waals surface area contributed by atoms with Crippen LogP contribution in [0.15, 0.2) is 65.7 Å². The predicted molar refractivity (Wildman–Crippen MR) is 157 cm³/mol. The fourth-order valence-electron chi connectivity index (χ4n) is 5.20. The van der Waals surface area contributed by atoms with E-state index in [1.54, 1.807) is 36.4 Å². The third-order valence-electron chi connectivity index (χ3n) is 7.23. The summed E-state index contributed by atoms with van der Waals surface area (Å²) < 4.78 is 37.9. The van der Waals surface area contributed by atoms with E-state index in [9.17, 15) is 14.0 Å². The number of amides is 2. The number of pyridine rings is 1. The first-order chi connectivity index (χ1) is 20.8. The van der Waals surface area contributed by atoms with E-state index < -0.39 is 29.7 Å². The number of ether oxygens (including phenoxy) is 1. The summed E-state index contributed by atoms with van der Waals surface area (Å²) in [6.45, 7) is 4.73. The molecule has 0 saturated heterocycles. The molecule has 4 aromatic rings. The van der Waals surface area contributed by atoms with Crippen LogP contribution >= 0.6 is 0 Å².